The average molecular weight is 486 g/mol. The van der Waals surface area contributed by atoms with E-state index in [1.54, 1.807) is 20.0 Å². The van der Waals surface area contributed by atoms with Gasteiger partial charge in [-0.25, -0.2) is 0 Å². The lowest BCUT2D eigenvalue weighted by molar-refractivity contribution is 0.0799. The van der Waals surface area contributed by atoms with Crippen molar-refractivity contribution < 1.29 is 9.84 Å². The summed E-state index contributed by atoms with van der Waals surface area (Å²) in [7, 11) is 0. The van der Waals surface area contributed by atoms with Crippen LogP contribution in [0, 0.1) is 3.70 Å². The minimum atomic E-state index is -1.01. The molecule has 0 radical (unpaired) electrons. The molecule has 5 nitrogen and oxygen atoms in total. The molecule has 26 heavy (non-hydrogen) atoms. The lowest BCUT2D eigenvalue weighted by atomic mass is 9.93. The van der Waals surface area contributed by atoms with E-state index in [1.807, 2.05) is 36.0 Å². The first-order valence-corrected chi connectivity index (χ1v) is 9.84. The van der Waals surface area contributed by atoms with Crippen molar-refractivity contribution in [3.63, 3.8) is 0 Å². The Balaban J connectivity index is 2.00. The standard InChI is InChI=1S/C19H21ClIN3O2/c1-4-26-11-14-10-24(23-18(14)21)9-12-5-13-7-15(20)8-22-17(13)16(6-12)19(2,3)25/h5-8,10,25H,4,9,11H2,1-3H3. The summed E-state index contributed by atoms with van der Waals surface area (Å²) in [5.74, 6) is 0. The molecule has 138 valence electrons. The number of ether oxygens (including phenoxy) is 1. The molecule has 0 saturated carbocycles. The van der Waals surface area contributed by atoms with Gasteiger partial charge in [0.05, 0.1) is 29.3 Å². The molecule has 0 amide bonds. The molecule has 3 rings (SSSR count). The Morgan fingerprint density at radius 1 is 1.31 bits per heavy atom. The predicted octanol–water partition coefficient (Wildman–Crippen LogP) is 4.50. The first kappa shape index (κ1) is 19.5. The molecular formula is C19H21ClIN3O2. The average Bonchev–Trinajstić information content (AvgIpc) is 2.90. The van der Waals surface area contributed by atoms with E-state index in [0.29, 0.717) is 24.8 Å². The highest BCUT2D eigenvalue weighted by Gasteiger charge is 2.21. The van der Waals surface area contributed by atoms with Gasteiger partial charge in [0.15, 0.2) is 0 Å². The third-order valence-electron chi connectivity index (χ3n) is 4.06. The normalized spacial score (nSPS) is 12.1. The third-order valence-corrected chi connectivity index (χ3v) is 5.18. The highest BCUT2D eigenvalue weighted by Crippen LogP contribution is 2.30. The summed E-state index contributed by atoms with van der Waals surface area (Å²) in [6, 6.07) is 5.90. The second kappa shape index (κ2) is 7.80. The SMILES string of the molecule is CCOCc1cn(Cc2cc(C(C)(C)O)c3ncc(Cl)cc3c2)nc1I. The zero-order chi connectivity index (χ0) is 18.9. The molecule has 0 fully saturated rings. The van der Waals surface area contributed by atoms with E-state index in [4.69, 9.17) is 16.3 Å². The van der Waals surface area contributed by atoms with Crippen LogP contribution in [0.15, 0.2) is 30.6 Å². The zero-order valence-corrected chi connectivity index (χ0v) is 17.9. The zero-order valence-electron chi connectivity index (χ0n) is 15.0. The molecule has 7 heteroatoms. The van der Waals surface area contributed by atoms with E-state index >= 15 is 0 Å². The molecule has 0 spiro atoms. The van der Waals surface area contributed by atoms with Crippen molar-refractivity contribution in [1.82, 2.24) is 14.8 Å². The highest BCUT2D eigenvalue weighted by molar-refractivity contribution is 14.1. The van der Waals surface area contributed by atoms with Gasteiger partial charge >= 0.3 is 0 Å². The van der Waals surface area contributed by atoms with Crippen LogP contribution in [-0.2, 0) is 23.5 Å². The summed E-state index contributed by atoms with van der Waals surface area (Å²) in [6.45, 7) is 7.32. The summed E-state index contributed by atoms with van der Waals surface area (Å²) in [5.41, 5.74) is 2.63. The Morgan fingerprint density at radius 2 is 2.08 bits per heavy atom. The van der Waals surface area contributed by atoms with E-state index in [0.717, 1.165) is 31.3 Å². The molecule has 0 saturated heterocycles. The van der Waals surface area contributed by atoms with Crippen LogP contribution in [0.2, 0.25) is 5.02 Å². The van der Waals surface area contributed by atoms with Gasteiger partial charge in [0.1, 0.15) is 3.70 Å². The van der Waals surface area contributed by atoms with Crippen molar-refractivity contribution in [2.45, 2.75) is 39.5 Å². The Bertz CT molecular complexity index is 934. The lowest BCUT2D eigenvalue weighted by Crippen LogP contribution is -2.17. The molecule has 1 aromatic carbocycles. The van der Waals surface area contributed by atoms with Gasteiger partial charge in [-0.15, -0.1) is 0 Å². The molecular weight excluding hydrogens is 465 g/mol. The number of hydrogen-bond donors (Lipinski definition) is 1. The van der Waals surface area contributed by atoms with Crippen LogP contribution in [-0.4, -0.2) is 26.5 Å². The van der Waals surface area contributed by atoms with Crippen LogP contribution in [0.25, 0.3) is 10.9 Å². The van der Waals surface area contributed by atoms with Gasteiger partial charge in [-0.2, -0.15) is 5.10 Å². The van der Waals surface area contributed by atoms with Crippen molar-refractivity contribution >= 4 is 45.1 Å². The first-order chi connectivity index (χ1) is 12.3. The molecule has 2 heterocycles. The summed E-state index contributed by atoms with van der Waals surface area (Å²) < 4.78 is 8.31. The van der Waals surface area contributed by atoms with Crippen LogP contribution < -0.4 is 0 Å². The van der Waals surface area contributed by atoms with Gasteiger partial charge in [-0.1, -0.05) is 11.6 Å². The van der Waals surface area contributed by atoms with Crippen LogP contribution in [0.5, 0.6) is 0 Å². The number of aromatic nitrogens is 3. The van der Waals surface area contributed by atoms with Crippen LogP contribution in [0.3, 0.4) is 0 Å². The lowest BCUT2D eigenvalue weighted by Gasteiger charge is -2.21. The van der Waals surface area contributed by atoms with E-state index in [2.05, 4.69) is 32.7 Å². The molecule has 1 N–H and O–H groups in total. The van der Waals surface area contributed by atoms with Gasteiger partial charge in [-0.05, 0) is 67.1 Å². The molecule has 0 unspecified atom stereocenters. The third kappa shape index (κ3) is 4.36. The fourth-order valence-electron chi connectivity index (χ4n) is 2.86. The first-order valence-electron chi connectivity index (χ1n) is 8.38. The fourth-order valence-corrected chi connectivity index (χ4v) is 3.60. The number of nitrogens with zero attached hydrogens (tertiary/aromatic N) is 3. The number of rotatable bonds is 6. The van der Waals surface area contributed by atoms with Crippen LogP contribution in [0.4, 0.5) is 0 Å². The molecule has 2 aromatic heterocycles. The summed E-state index contributed by atoms with van der Waals surface area (Å²) >= 11 is 8.34. The second-order valence-electron chi connectivity index (χ2n) is 6.71. The Hall–Kier alpha value is -1.22. The minimum Gasteiger partial charge on any atom is -0.386 e. The Labute approximate surface area is 171 Å². The molecule has 0 aliphatic heterocycles. The molecule has 0 atom stereocenters. The van der Waals surface area contributed by atoms with Crippen molar-refractivity contribution in [2.24, 2.45) is 0 Å². The molecule has 0 aliphatic rings. The monoisotopic (exact) mass is 485 g/mol. The summed E-state index contributed by atoms with van der Waals surface area (Å²) in [5, 5.41) is 16.6. The van der Waals surface area contributed by atoms with Crippen molar-refractivity contribution in [2.75, 3.05) is 6.61 Å². The largest absolute Gasteiger partial charge is 0.386 e. The van der Waals surface area contributed by atoms with Crippen molar-refractivity contribution in [3.05, 3.63) is 56.0 Å². The van der Waals surface area contributed by atoms with Crippen LogP contribution in [0.1, 0.15) is 37.5 Å². The second-order valence-corrected chi connectivity index (χ2v) is 8.17. The van der Waals surface area contributed by atoms with Gasteiger partial charge in [0, 0.05) is 35.5 Å². The highest BCUT2D eigenvalue weighted by atomic mass is 127. The fraction of sp³-hybridized carbons (Fsp3) is 0.368. The van der Waals surface area contributed by atoms with Crippen molar-refractivity contribution in [3.8, 4) is 0 Å². The molecule has 0 aliphatic carbocycles. The smallest absolute Gasteiger partial charge is 0.128 e. The molecule has 0 bridgehead atoms. The van der Waals surface area contributed by atoms with Gasteiger partial charge in [0.2, 0.25) is 0 Å². The predicted molar refractivity (Wildman–Crippen MR) is 111 cm³/mol. The maximum Gasteiger partial charge on any atom is 0.128 e. The number of hydrogen-bond acceptors (Lipinski definition) is 4. The summed E-state index contributed by atoms with van der Waals surface area (Å²) in [6.07, 6.45) is 3.61. The number of pyridine rings is 1. The van der Waals surface area contributed by atoms with E-state index in [1.165, 1.54) is 0 Å². The minimum absolute atomic E-state index is 0.556. The molecule has 3 aromatic rings. The maximum atomic E-state index is 10.6. The Morgan fingerprint density at radius 3 is 2.77 bits per heavy atom. The Kier molecular flexibility index (Phi) is 5.86. The van der Waals surface area contributed by atoms with E-state index in [-0.39, 0.29) is 0 Å². The van der Waals surface area contributed by atoms with E-state index < -0.39 is 5.60 Å². The maximum absolute atomic E-state index is 10.6. The summed E-state index contributed by atoms with van der Waals surface area (Å²) in [4.78, 5) is 4.42. The van der Waals surface area contributed by atoms with Gasteiger partial charge < -0.3 is 9.84 Å². The topological polar surface area (TPSA) is 60.2 Å². The number of aliphatic hydroxyl groups is 1. The number of fused-ring (bicyclic) bond motifs is 1. The van der Waals surface area contributed by atoms with Crippen molar-refractivity contribution in [1.29, 1.82) is 0 Å². The van der Waals surface area contributed by atoms with E-state index in [9.17, 15) is 5.11 Å². The van der Waals surface area contributed by atoms with Gasteiger partial charge in [-0.3, -0.25) is 9.67 Å². The van der Waals surface area contributed by atoms with Crippen LogP contribution >= 0.6 is 34.2 Å². The number of benzene rings is 1. The number of halogens is 2. The van der Waals surface area contributed by atoms with Gasteiger partial charge in [0.25, 0.3) is 0 Å². The quantitative estimate of drug-likeness (QED) is 0.522.